The van der Waals surface area contributed by atoms with Crippen LogP contribution in [0.5, 0.6) is 0 Å². The zero-order chi connectivity index (χ0) is 17.1. The lowest BCUT2D eigenvalue weighted by Gasteiger charge is -2.37. The maximum absolute atomic E-state index is 10.5. The molecule has 7 nitrogen and oxygen atoms in total. The van der Waals surface area contributed by atoms with Crippen LogP contribution in [0.3, 0.4) is 0 Å². The lowest BCUT2D eigenvalue weighted by molar-refractivity contribution is 0.0189. The van der Waals surface area contributed by atoms with E-state index in [1.165, 1.54) is 25.7 Å². The molecule has 0 spiro atoms. The van der Waals surface area contributed by atoms with Gasteiger partial charge in [-0.2, -0.15) is 0 Å². The van der Waals surface area contributed by atoms with Crippen molar-refractivity contribution in [2.45, 2.75) is 76.6 Å². The van der Waals surface area contributed by atoms with E-state index in [1.54, 1.807) is 0 Å². The normalized spacial score (nSPS) is 32.3. The summed E-state index contributed by atoms with van der Waals surface area (Å²) in [7, 11) is 0. The fourth-order valence-corrected chi connectivity index (χ4v) is 4.96. The summed E-state index contributed by atoms with van der Waals surface area (Å²) >= 11 is 0. The topological polar surface area (TPSA) is 76.3 Å². The minimum absolute atomic E-state index is 0.127. The van der Waals surface area contributed by atoms with Crippen LogP contribution in [0, 0.1) is 11.8 Å². The molecule has 3 aliphatic rings. The number of rotatable bonds is 5. The predicted molar refractivity (Wildman–Crippen MR) is 92.8 cm³/mol. The minimum Gasteiger partial charge on any atom is -0.393 e. The molecule has 25 heavy (non-hydrogen) atoms. The van der Waals surface area contributed by atoms with Gasteiger partial charge in [0, 0.05) is 31.7 Å². The molecule has 1 aliphatic carbocycles. The molecule has 1 N–H and O–H groups in total. The molecule has 7 heteroatoms. The summed E-state index contributed by atoms with van der Waals surface area (Å²) < 4.78 is 7.46. The molecule has 3 fully saturated rings. The summed E-state index contributed by atoms with van der Waals surface area (Å²) in [6.07, 6.45) is 9.05. The van der Waals surface area contributed by atoms with E-state index in [1.807, 2.05) is 4.68 Å². The molecular weight excluding hydrogens is 318 g/mol. The first-order valence-electron chi connectivity index (χ1n) is 10.1. The molecule has 2 saturated heterocycles. The van der Waals surface area contributed by atoms with Crippen molar-refractivity contribution in [3.05, 3.63) is 5.82 Å². The van der Waals surface area contributed by atoms with E-state index in [0.29, 0.717) is 17.9 Å². The summed E-state index contributed by atoms with van der Waals surface area (Å²) in [4.78, 5) is 2.52. The van der Waals surface area contributed by atoms with Crippen molar-refractivity contribution in [1.82, 2.24) is 25.1 Å². The first-order chi connectivity index (χ1) is 12.3. The van der Waals surface area contributed by atoms with E-state index in [4.69, 9.17) is 4.74 Å². The van der Waals surface area contributed by atoms with Crippen LogP contribution < -0.4 is 0 Å². The van der Waals surface area contributed by atoms with Gasteiger partial charge in [-0.15, -0.1) is 5.10 Å². The van der Waals surface area contributed by atoms with Gasteiger partial charge in [0.2, 0.25) is 0 Å². The Kier molecular flexibility index (Phi) is 5.63. The molecule has 1 aromatic rings. The summed E-state index contributed by atoms with van der Waals surface area (Å²) in [5.41, 5.74) is 0. The Morgan fingerprint density at radius 1 is 1.04 bits per heavy atom. The van der Waals surface area contributed by atoms with Crippen LogP contribution in [0.4, 0.5) is 0 Å². The van der Waals surface area contributed by atoms with Gasteiger partial charge in [-0.25, -0.2) is 4.68 Å². The number of nitrogens with zero attached hydrogens (tertiary/aromatic N) is 5. The van der Waals surface area contributed by atoms with Gasteiger partial charge in [0.1, 0.15) is 0 Å². The summed E-state index contributed by atoms with van der Waals surface area (Å²) in [5.74, 6) is 2.02. The smallest absolute Gasteiger partial charge is 0.165 e. The maximum Gasteiger partial charge on any atom is 0.165 e. The largest absolute Gasteiger partial charge is 0.393 e. The Labute approximate surface area is 149 Å². The van der Waals surface area contributed by atoms with Crippen LogP contribution in [0.1, 0.15) is 57.2 Å². The van der Waals surface area contributed by atoms with Crippen molar-refractivity contribution < 1.29 is 9.84 Å². The number of aliphatic hydroxyl groups is 1. The van der Waals surface area contributed by atoms with Gasteiger partial charge in [0.05, 0.1) is 12.6 Å². The summed E-state index contributed by atoms with van der Waals surface area (Å²) in [5, 5.41) is 23.0. The van der Waals surface area contributed by atoms with Gasteiger partial charge in [-0.1, -0.05) is 12.8 Å². The van der Waals surface area contributed by atoms with Gasteiger partial charge in [0.25, 0.3) is 0 Å². The molecule has 0 aromatic carbocycles. The highest BCUT2D eigenvalue weighted by Gasteiger charge is 2.37. The number of hydrogen-bond donors (Lipinski definition) is 1. The molecule has 4 rings (SSSR count). The highest BCUT2D eigenvalue weighted by Crippen LogP contribution is 2.35. The Balaban J connectivity index is 1.40. The molecule has 0 amide bonds. The van der Waals surface area contributed by atoms with Crippen molar-refractivity contribution in [1.29, 1.82) is 0 Å². The first-order valence-corrected chi connectivity index (χ1v) is 10.1. The van der Waals surface area contributed by atoms with Crippen molar-refractivity contribution in [3.8, 4) is 0 Å². The Morgan fingerprint density at radius 3 is 2.72 bits per heavy atom. The molecule has 0 radical (unpaired) electrons. The van der Waals surface area contributed by atoms with Crippen molar-refractivity contribution >= 4 is 0 Å². The van der Waals surface area contributed by atoms with Crippen LogP contribution >= 0.6 is 0 Å². The fraction of sp³-hybridized carbons (Fsp3) is 0.944. The van der Waals surface area contributed by atoms with E-state index in [0.717, 1.165) is 64.4 Å². The van der Waals surface area contributed by atoms with Gasteiger partial charge in [-0.05, 0) is 61.4 Å². The molecule has 1 saturated carbocycles. The van der Waals surface area contributed by atoms with E-state index in [2.05, 4.69) is 20.4 Å². The summed E-state index contributed by atoms with van der Waals surface area (Å²) in [6.45, 7) is 4.52. The van der Waals surface area contributed by atoms with Gasteiger partial charge in [-0.3, -0.25) is 4.90 Å². The zero-order valence-corrected chi connectivity index (χ0v) is 15.1. The van der Waals surface area contributed by atoms with E-state index in [9.17, 15) is 5.11 Å². The Morgan fingerprint density at radius 2 is 1.88 bits per heavy atom. The van der Waals surface area contributed by atoms with Crippen molar-refractivity contribution in [3.63, 3.8) is 0 Å². The van der Waals surface area contributed by atoms with Crippen LogP contribution in [-0.2, 0) is 17.8 Å². The second-order valence-corrected chi connectivity index (χ2v) is 8.03. The first kappa shape index (κ1) is 17.4. The third-order valence-electron chi connectivity index (χ3n) is 6.41. The number of likely N-dealkylation sites (tertiary alicyclic amines) is 1. The number of tetrazole rings is 1. The molecule has 3 heterocycles. The number of aliphatic hydroxyl groups excluding tert-OH is 1. The molecular formula is C18H31N5O2. The SMILES string of the molecule is O[C@@H]1CCCC[C@@H]1[C@H]1CCCN1Cc1nnnn1CC1CCOCC1. The molecule has 3 atom stereocenters. The van der Waals surface area contributed by atoms with Gasteiger partial charge >= 0.3 is 0 Å². The number of aromatic nitrogens is 4. The number of hydrogen-bond acceptors (Lipinski definition) is 6. The van der Waals surface area contributed by atoms with Crippen molar-refractivity contribution in [2.75, 3.05) is 19.8 Å². The van der Waals surface area contributed by atoms with Crippen LogP contribution in [0.15, 0.2) is 0 Å². The average molecular weight is 349 g/mol. The Hall–Kier alpha value is -1.05. The minimum atomic E-state index is -0.127. The van der Waals surface area contributed by atoms with Gasteiger partial charge < -0.3 is 9.84 Å². The van der Waals surface area contributed by atoms with Crippen LogP contribution in [-0.4, -0.2) is 62.1 Å². The van der Waals surface area contributed by atoms with Crippen molar-refractivity contribution in [2.24, 2.45) is 11.8 Å². The fourth-order valence-electron chi connectivity index (χ4n) is 4.96. The highest BCUT2D eigenvalue weighted by atomic mass is 16.5. The molecule has 0 unspecified atom stereocenters. The Bertz CT molecular complexity index is 545. The predicted octanol–water partition coefficient (Wildman–Crippen LogP) is 1.62. The highest BCUT2D eigenvalue weighted by molar-refractivity contribution is 4.93. The molecule has 140 valence electrons. The monoisotopic (exact) mass is 349 g/mol. The lowest BCUT2D eigenvalue weighted by atomic mass is 9.80. The lowest BCUT2D eigenvalue weighted by Crippen LogP contribution is -2.42. The van der Waals surface area contributed by atoms with E-state index < -0.39 is 0 Å². The zero-order valence-electron chi connectivity index (χ0n) is 15.1. The third kappa shape index (κ3) is 4.04. The average Bonchev–Trinajstić information content (AvgIpc) is 3.27. The van der Waals surface area contributed by atoms with E-state index in [-0.39, 0.29) is 6.10 Å². The second-order valence-electron chi connectivity index (χ2n) is 8.03. The van der Waals surface area contributed by atoms with Gasteiger partial charge in [0.15, 0.2) is 5.82 Å². The number of ether oxygens (including phenoxy) is 1. The van der Waals surface area contributed by atoms with Crippen LogP contribution in [0.2, 0.25) is 0 Å². The third-order valence-corrected chi connectivity index (χ3v) is 6.41. The maximum atomic E-state index is 10.5. The standard InChI is InChI=1S/C18H31N5O2/c24-17-6-2-1-4-15(17)16-5-3-9-22(16)13-18-19-20-21-23(18)12-14-7-10-25-11-8-14/h14-17,24H,1-13H2/t15-,16-,17-/m1/s1. The van der Waals surface area contributed by atoms with Crippen LogP contribution in [0.25, 0.3) is 0 Å². The molecule has 1 aromatic heterocycles. The van der Waals surface area contributed by atoms with E-state index >= 15 is 0 Å². The molecule has 2 aliphatic heterocycles. The second kappa shape index (κ2) is 8.10. The quantitative estimate of drug-likeness (QED) is 0.870. The summed E-state index contributed by atoms with van der Waals surface area (Å²) in [6, 6.07) is 0.489. The molecule has 0 bridgehead atoms.